The number of nitrogens with two attached hydrogens (primary N) is 1. The Morgan fingerprint density at radius 2 is 1.74 bits per heavy atom. The van der Waals surface area contributed by atoms with Crippen LogP contribution in [-0.4, -0.2) is 20.5 Å². The molecular weight excluding hydrogens is 385 g/mol. The van der Waals surface area contributed by atoms with Crippen molar-refractivity contribution < 1.29 is 4.79 Å². The number of rotatable bonds is 3. The first-order chi connectivity index (χ1) is 13.1. The highest BCUT2D eigenvalue weighted by Gasteiger charge is 2.20. The maximum atomic E-state index is 12.0. The summed E-state index contributed by atoms with van der Waals surface area (Å²) in [7, 11) is 0. The predicted molar refractivity (Wildman–Crippen MR) is 106 cm³/mol. The number of hydrogen-bond donors (Lipinski definition) is 2. The molecule has 134 valence electrons. The fourth-order valence-electron chi connectivity index (χ4n) is 2.93. The van der Waals surface area contributed by atoms with Gasteiger partial charge in [0.2, 0.25) is 0 Å². The molecule has 0 spiro atoms. The molecule has 2 aromatic heterocycles. The van der Waals surface area contributed by atoms with Crippen LogP contribution in [0.25, 0.3) is 28.0 Å². The van der Waals surface area contributed by atoms with Crippen molar-refractivity contribution in [1.82, 2.24) is 20.0 Å². The molecule has 4 aromatic rings. The predicted octanol–water partition coefficient (Wildman–Crippen LogP) is 3.97. The molecule has 6 nitrogen and oxygen atoms in total. The first kappa shape index (κ1) is 17.5. The van der Waals surface area contributed by atoms with Gasteiger partial charge < -0.3 is 0 Å². The van der Waals surface area contributed by atoms with Gasteiger partial charge in [-0.1, -0.05) is 53.5 Å². The van der Waals surface area contributed by atoms with Crippen LogP contribution in [0.15, 0.2) is 60.9 Å². The van der Waals surface area contributed by atoms with Gasteiger partial charge in [0, 0.05) is 32.9 Å². The maximum absolute atomic E-state index is 12.0. The molecular formula is C19H13Cl2N5O. The Morgan fingerprint density at radius 3 is 2.44 bits per heavy atom. The summed E-state index contributed by atoms with van der Waals surface area (Å²) in [5, 5.41) is 5.57. The molecule has 3 N–H and O–H groups in total. The van der Waals surface area contributed by atoms with Crippen LogP contribution >= 0.6 is 23.2 Å². The monoisotopic (exact) mass is 397 g/mol. The average Bonchev–Trinajstić information content (AvgIpc) is 3.12. The standard InChI is InChI=1S/C19H13Cl2N5O/c20-12-7-5-11(6-8-12)17-14(13-3-1-2-4-16(13)21)9-23-18-15(19(27)25-22)10-24-26(17)18/h1-10H,22H2,(H,25,27). The number of halogens is 2. The topological polar surface area (TPSA) is 85.3 Å². The minimum atomic E-state index is -0.468. The quantitative estimate of drug-likeness (QED) is 0.311. The van der Waals surface area contributed by atoms with Crippen molar-refractivity contribution in [1.29, 1.82) is 0 Å². The van der Waals surface area contributed by atoms with Gasteiger partial charge in [-0.15, -0.1) is 0 Å². The van der Waals surface area contributed by atoms with Gasteiger partial charge in [-0.3, -0.25) is 10.2 Å². The normalized spacial score (nSPS) is 10.9. The molecule has 2 aromatic carbocycles. The molecule has 0 aliphatic rings. The number of benzene rings is 2. The summed E-state index contributed by atoms with van der Waals surface area (Å²) in [6.45, 7) is 0. The summed E-state index contributed by atoms with van der Waals surface area (Å²) >= 11 is 12.5. The molecule has 1 amide bonds. The summed E-state index contributed by atoms with van der Waals surface area (Å²) in [5.74, 6) is 4.80. The average molecular weight is 398 g/mol. The largest absolute Gasteiger partial charge is 0.290 e. The van der Waals surface area contributed by atoms with Crippen LogP contribution < -0.4 is 11.3 Å². The highest BCUT2D eigenvalue weighted by molar-refractivity contribution is 6.33. The summed E-state index contributed by atoms with van der Waals surface area (Å²) in [6, 6.07) is 14.8. The summed E-state index contributed by atoms with van der Waals surface area (Å²) < 4.78 is 1.60. The number of nitrogen functional groups attached to an aromatic ring is 1. The molecule has 0 aliphatic heterocycles. The Balaban J connectivity index is 2.06. The maximum Gasteiger partial charge on any atom is 0.270 e. The molecule has 0 fully saturated rings. The van der Waals surface area contributed by atoms with Crippen molar-refractivity contribution in [3.63, 3.8) is 0 Å². The Kier molecular flexibility index (Phi) is 4.53. The van der Waals surface area contributed by atoms with Crippen LogP contribution in [0.1, 0.15) is 10.4 Å². The van der Waals surface area contributed by atoms with Crippen molar-refractivity contribution in [2.75, 3.05) is 0 Å². The lowest BCUT2D eigenvalue weighted by Gasteiger charge is -2.13. The van der Waals surface area contributed by atoms with E-state index in [0.717, 1.165) is 22.4 Å². The number of amides is 1. The van der Waals surface area contributed by atoms with E-state index in [1.54, 1.807) is 22.8 Å². The second-order valence-corrected chi connectivity index (χ2v) is 6.62. The fourth-order valence-corrected chi connectivity index (χ4v) is 3.29. The number of nitrogens with one attached hydrogen (secondary N) is 1. The van der Waals surface area contributed by atoms with E-state index in [2.05, 4.69) is 15.5 Å². The number of nitrogens with zero attached hydrogens (tertiary/aromatic N) is 3. The number of hydrazine groups is 1. The number of carbonyl (C=O) groups is 1. The SMILES string of the molecule is NNC(=O)c1cnn2c(-c3ccc(Cl)cc3)c(-c3ccccc3Cl)cnc12. The van der Waals surface area contributed by atoms with E-state index in [1.807, 2.05) is 36.4 Å². The zero-order chi connectivity index (χ0) is 19.0. The van der Waals surface area contributed by atoms with E-state index < -0.39 is 5.91 Å². The van der Waals surface area contributed by atoms with Gasteiger partial charge in [0.05, 0.1) is 11.9 Å². The third-order valence-electron chi connectivity index (χ3n) is 4.18. The van der Waals surface area contributed by atoms with Gasteiger partial charge in [-0.2, -0.15) is 5.10 Å². The molecule has 0 unspecified atom stereocenters. The Bertz CT molecular complexity index is 1150. The lowest BCUT2D eigenvalue weighted by atomic mass is 10.0. The Morgan fingerprint density at radius 1 is 1.00 bits per heavy atom. The van der Waals surface area contributed by atoms with Crippen LogP contribution in [0.5, 0.6) is 0 Å². The van der Waals surface area contributed by atoms with Crippen molar-refractivity contribution in [2.45, 2.75) is 0 Å². The Hall–Kier alpha value is -2.93. The molecule has 0 radical (unpaired) electrons. The van der Waals surface area contributed by atoms with Crippen LogP contribution in [0.3, 0.4) is 0 Å². The minimum absolute atomic E-state index is 0.276. The zero-order valence-corrected chi connectivity index (χ0v) is 15.4. The number of hydrogen-bond acceptors (Lipinski definition) is 4. The van der Waals surface area contributed by atoms with E-state index in [1.165, 1.54) is 6.20 Å². The second kappa shape index (κ2) is 7.00. The fraction of sp³-hybridized carbons (Fsp3) is 0. The lowest BCUT2D eigenvalue weighted by Crippen LogP contribution is -2.29. The van der Waals surface area contributed by atoms with E-state index in [-0.39, 0.29) is 5.56 Å². The van der Waals surface area contributed by atoms with Crippen molar-refractivity contribution in [3.05, 3.63) is 76.5 Å². The van der Waals surface area contributed by atoms with Crippen LogP contribution in [0.4, 0.5) is 0 Å². The summed E-state index contributed by atoms with van der Waals surface area (Å²) in [6.07, 6.45) is 3.11. The van der Waals surface area contributed by atoms with E-state index >= 15 is 0 Å². The smallest absolute Gasteiger partial charge is 0.270 e. The zero-order valence-electron chi connectivity index (χ0n) is 13.9. The van der Waals surface area contributed by atoms with Crippen molar-refractivity contribution in [3.8, 4) is 22.4 Å². The minimum Gasteiger partial charge on any atom is -0.290 e. The first-order valence-electron chi connectivity index (χ1n) is 7.98. The van der Waals surface area contributed by atoms with Gasteiger partial charge in [0.1, 0.15) is 5.56 Å². The van der Waals surface area contributed by atoms with E-state index in [9.17, 15) is 4.79 Å². The third-order valence-corrected chi connectivity index (χ3v) is 4.77. The molecule has 27 heavy (non-hydrogen) atoms. The number of carbonyl (C=O) groups excluding carboxylic acids is 1. The van der Waals surface area contributed by atoms with E-state index in [4.69, 9.17) is 29.0 Å². The van der Waals surface area contributed by atoms with Gasteiger partial charge in [-0.05, 0) is 18.2 Å². The molecule has 0 bridgehead atoms. The number of fused-ring (bicyclic) bond motifs is 1. The Labute approximate surface area is 164 Å². The molecule has 0 saturated carbocycles. The lowest BCUT2D eigenvalue weighted by molar-refractivity contribution is 0.0955. The molecule has 4 rings (SSSR count). The third kappa shape index (κ3) is 3.04. The summed E-state index contributed by atoms with van der Waals surface area (Å²) in [5.41, 5.74) is 5.94. The molecule has 2 heterocycles. The summed E-state index contributed by atoms with van der Waals surface area (Å²) in [4.78, 5) is 16.5. The van der Waals surface area contributed by atoms with Gasteiger partial charge in [0.25, 0.3) is 5.91 Å². The molecule has 8 heteroatoms. The van der Waals surface area contributed by atoms with Crippen molar-refractivity contribution >= 4 is 34.8 Å². The molecule has 0 aliphatic carbocycles. The highest BCUT2D eigenvalue weighted by Crippen LogP contribution is 2.36. The van der Waals surface area contributed by atoms with Crippen LogP contribution in [0.2, 0.25) is 10.0 Å². The first-order valence-corrected chi connectivity index (χ1v) is 8.74. The van der Waals surface area contributed by atoms with Crippen LogP contribution in [-0.2, 0) is 0 Å². The van der Waals surface area contributed by atoms with Gasteiger partial charge in [-0.25, -0.2) is 15.3 Å². The van der Waals surface area contributed by atoms with Gasteiger partial charge in [0.15, 0.2) is 5.65 Å². The van der Waals surface area contributed by atoms with E-state index in [0.29, 0.717) is 15.7 Å². The molecule has 0 saturated heterocycles. The second-order valence-electron chi connectivity index (χ2n) is 5.77. The van der Waals surface area contributed by atoms with Crippen molar-refractivity contribution in [2.24, 2.45) is 5.84 Å². The van der Waals surface area contributed by atoms with Crippen LogP contribution in [0, 0.1) is 0 Å². The highest BCUT2D eigenvalue weighted by atomic mass is 35.5. The molecule has 0 atom stereocenters. The number of aromatic nitrogens is 3. The van der Waals surface area contributed by atoms with Gasteiger partial charge >= 0.3 is 0 Å².